The van der Waals surface area contributed by atoms with Crippen molar-refractivity contribution in [3.05, 3.63) is 35.4 Å². The molecule has 0 aliphatic carbocycles. The molecule has 0 heterocycles. The quantitative estimate of drug-likeness (QED) is 0.824. The van der Waals surface area contributed by atoms with Crippen LogP contribution in [0.2, 0.25) is 0 Å². The van der Waals surface area contributed by atoms with Crippen LogP contribution in [-0.2, 0) is 0 Å². The number of nitrogens with one attached hydrogen (secondary N) is 1. The number of carbonyl (C=O) groups excluding carboxylic acids is 1. The number of amides is 1. The van der Waals surface area contributed by atoms with Crippen molar-refractivity contribution in [2.75, 3.05) is 0 Å². The Labute approximate surface area is 109 Å². The van der Waals surface area contributed by atoms with Gasteiger partial charge >= 0.3 is 0 Å². The maximum Gasteiger partial charge on any atom is 0.254 e. The molecule has 0 aliphatic rings. The Morgan fingerprint density at radius 2 is 2.00 bits per heavy atom. The predicted octanol–water partition coefficient (Wildman–Crippen LogP) is 2.01. The largest absolute Gasteiger partial charge is 0.392 e. The minimum Gasteiger partial charge on any atom is -0.392 e. The highest BCUT2D eigenvalue weighted by Crippen LogP contribution is 2.11. The number of benzene rings is 1. The Morgan fingerprint density at radius 3 is 2.44 bits per heavy atom. The fourth-order valence-electron chi connectivity index (χ4n) is 1.46. The first-order chi connectivity index (χ1) is 8.32. The lowest BCUT2D eigenvalue weighted by Gasteiger charge is -2.21. The fraction of sp³-hybridized carbons (Fsp3) is 0.333. The molecule has 18 heavy (non-hydrogen) atoms. The fourth-order valence-corrected chi connectivity index (χ4v) is 1.79. The highest BCUT2D eigenvalue weighted by atomic mass is 32.1. The summed E-state index contributed by atoms with van der Waals surface area (Å²) in [7, 11) is 0. The van der Waals surface area contributed by atoms with Gasteiger partial charge in [-0.15, -0.1) is 0 Å². The Bertz CT molecular complexity index is 477. The summed E-state index contributed by atoms with van der Waals surface area (Å²) in [5, 5.41) is 2.52. The minimum absolute atomic E-state index is 0.0186. The molecule has 6 heteroatoms. The normalized spacial score (nSPS) is 12.3. The van der Waals surface area contributed by atoms with E-state index in [0.717, 1.165) is 12.1 Å². The summed E-state index contributed by atoms with van der Waals surface area (Å²) in [6, 6.07) is 2.22. The van der Waals surface area contributed by atoms with Crippen LogP contribution < -0.4 is 11.1 Å². The van der Waals surface area contributed by atoms with Crippen LogP contribution in [0.5, 0.6) is 0 Å². The van der Waals surface area contributed by atoms with Crippen LogP contribution in [-0.4, -0.2) is 16.9 Å². The lowest BCUT2D eigenvalue weighted by atomic mass is 10.0. The van der Waals surface area contributed by atoms with E-state index in [-0.39, 0.29) is 16.5 Å². The van der Waals surface area contributed by atoms with Gasteiger partial charge in [-0.1, -0.05) is 26.1 Å². The molecular formula is C12H14F2N2OS. The molecule has 3 nitrogen and oxygen atoms in total. The summed E-state index contributed by atoms with van der Waals surface area (Å²) in [5.74, 6) is -2.34. The first kappa shape index (κ1) is 14.5. The third-order valence-corrected chi connectivity index (χ3v) is 2.69. The van der Waals surface area contributed by atoms with Crippen molar-refractivity contribution in [3.8, 4) is 0 Å². The molecule has 0 bridgehead atoms. The van der Waals surface area contributed by atoms with E-state index in [2.05, 4.69) is 5.32 Å². The van der Waals surface area contributed by atoms with Crippen molar-refractivity contribution in [2.45, 2.75) is 19.9 Å². The van der Waals surface area contributed by atoms with Crippen molar-refractivity contribution in [3.63, 3.8) is 0 Å². The molecule has 0 aromatic heterocycles. The highest BCUT2D eigenvalue weighted by molar-refractivity contribution is 7.80. The second kappa shape index (κ2) is 5.86. The van der Waals surface area contributed by atoms with Gasteiger partial charge in [0.15, 0.2) is 0 Å². The summed E-state index contributed by atoms with van der Waals surface area (Å²) in [4.78, 5) is 11.9. The lowest BCUT2D eigenvalue weighted by molar-refractivity contribution is 0.0935. The Hall–Kier alpha value is -1.56. The van der Waals surface area contributed by atoms with E-state index in [4.69, 9.17) is 18.0 Å². The minimum atomic E-state index is -0.919. The Morgan fingerprint density at radius 1 is 1.39 bits per heavy atom. The zero-order chi connectivity index (χ0) is 13.9. The topological polar surface area (TPSA) is 55.1 Å². The van der Waals surface area contributed by atoms with Crippen LogP contribution in [0, 0.1) is 17.6 Å². The molecule has 1 aromatic rings. The monoisotopic (exact) mass is 272 g/mol. The predicted molar refractivity (Wildman–Crippen MR) is 69.2 cm³/mol. The second-order valence-corrected chi connectivity index (χ2v) is 4.69. The maximum absolute atomic E-state index is 13.4. The molecule has 1 atom stereocenters. The van der Waals surface area contributed by atoms with Gasteiger partial charge in [-0.2, -0.15) is 0 Å². The van der Waals surface area contributed by atoms with Crippen LogP contribution in [0.1, 0.15) is 24.2 Å². The van der Waals surface area contributed by atoms with E-state index >= 15 is 0 Å². The van der Waals surface area contributed by atoms with Gasteiger partial charge in [-0.3, -0.25) is 4.79 Å². The maximum atomic E-state index is 13.4. The van der Waals surface area contributed by atoms with Crippen LogP contribution in [0.15, 0.2) is 18.2 Å². The summed E-state index contributed by atoms with van der Waals surface area (Å²) in [6.45, 7) is 3.65. The number of hydrogen-bond donors (Lipinski definition) is 2. The van der Waals surface area contributed by atoms with Gasteiger partial charge < -0.3 is 11.1 Å². The van der Waals surface area contributed by atoms with Gasteiger partial charge in [0.2, 0.25) is 0 Å². The van der Waals surface area contributed by atoms with Crippen LogP contribution >= 0.6 is 12.2 Å². The second-order valence-electron chi connectivity index (χ2n) is 4.22. The molecule has 0 spiro atoms. The van der Waals surface area contributed by atoms with E-state index in [1.807, 2.05) is 13.8 Å². The van der Waals surface area contributed by atoms with Crippen molar-refractivity contribution < 1.29 is 13.6 Å². The Kier molecular flexibility index (Phi) is 4.72. The standard InChI is InChI=1S/C12H14F2N2OS/c1-6(2)10(11(15)18)16-12(17)8-4-3-7(13)5-9(8)14/h3-6,10H,1-2H3,(H2,15,18)(H,16,17). The van der Waals surface area contributed by atoms with Gasteiger partial charge in [0.05, 0.1) is 16.6 Å². The van der Waals surface area contributed by atoms with Gasteiger partial charge in [-0.25, -0.2) is 8.78 Å². The average Bonchev–Trinajstić information content (AvgIpc) is 2.24. The molecule has 98 valence electrons. The van der Waals surface area contributed by atoms with Gasteiger partial charge in [0.25, 0.3) is 5.91 Å². The Balaban J connectivity index is 2.91. The highest BCUT2D eigenvalue weighted by Gasteiger charge is 2.21. The van der Waals surface area contributed by atoms with Crippen molar-refractivity contribution in [1.29, 1.82) is 0 Å². The molecule has 3 N–H and O–H groups in total. The van der Waals surface area contributed by atoms with Crippen LogP contribution in [0.3, 0.4) is 0 Å². The van der Waals surface area contributed by atoms with Gasteiger partial charge in [-0.05, 0) is 18.1 Å². The number of carbonyl (C=O) groups is 1. The SMILES string of the molecule is CC(C)C(NC(=O)c1ccc(F)cc1F)C(N)=S. The lowest BCUT2D eigenvalue weighted by Crippen LogP contribution is -2.47. The molecule has 1 aromatic carbocycles. The van der Waals surface area contributed by atoms with E-state index in [0.29, 0.717) is 6.07 Å². The smallest absolute Gasteiger partial charge is 0.254 e. The molecular weight excluding hydrogens is 258 g/mol. The number of thiocarbonyl (C=S) groups is 1. The molecule has 0 radical (unpaired) electrons. The van der Waals surface area contributed by atoms with E-state index in [9.17, 15) is 13.6 Å². The van der Waals surface area contributed by atoms with E-state index in [1.54, 1.807) is 0 Å². The summed E-state index contributed by atoms with van der Waals surface area (Å²) in [5.41, 5.74) is 5.25. The third kappa shape index (κ3) is 3.46. The molecule has 0 saturated carbocycles. The van der Waals surface area contributed by atoms with Gasteiger partial charge in [0, 0.05) is 6.07 Å². The van der Waals surface area contributed by atoms with Crippen molar-refractivity contribution >= 4 is 23.1 Å². The van der Waals surface area contributed by atoms with E-state index in [1.165, 1.54) is 0 Å². The summed E-state index contributed by atoms with van der Waals surface area (Å²) < 4.78 is 26.1. The molecule has 1 amide bonds. The molecule has 1 unspecified atom stereocenters. The van der Waals surface area contributed by atoms with Crippen LogP contribution in [0.25, 0.3) is 0 Å². The van der Waals surface area contributed by atoms with Crippen molar-refractivity contribution in [1.82, 2.24) is 5.32 Å². The van der Waals surface area contributed by atoms with Gasteiger partial charge in [0.1, 0.15) is 11.6 Å². The number of hydrogen-bond acceptors (Lipinski definition) is 2. The van der Waals surface area contributed by atoms with Crippen molar-refractivity contribution in [2.24, 2.45) is 11.7 Å². The van der Waals surface area contributed by atoms with E-state index < -0.39 is 23.6 Å². The molecule has 1 rings (SSSR count). The summed E-state index contributed by atoms with van der Waals surface area (Å²) in [6.07, 6.45) is 0. The zero-order valence-electron chi connectivity index (χ0n) is 10.0. The summed E-state index contributed by atoms with van der Waals surface area (Å²) >= 11 is 4.82. The number of halogens is 2. The molecule has 0 saturated heterocycles. The zero-order valence-corrected chi connectivity index (χ0v) is 10.9. The number of nitrogens with two attached hydrogens (primary N) is 1. The first-order valence-corrected chi connectivity index (χ1v) is 5.79. The third-order valence-electron chi connectivity index (χ3n) is 2.44. The molecule has 0 aliphatic heterocycles. The number of rotatable bonds is 4. The van der Waals surface area contributed by atoms with Crippen LogP contribution in [0.4, 0.5) is 8.78 Å². The average molecular weight is 272 g/mol. The first-order valence-electron chi connectivity index (χ1n) is 5.38. The molecule has 0 fully saturated rings.